The number of benzene rings is 1. The molecule has 23 heavy (non-hydrogen) atoms. The van der Waals surface area contributed by atoms with Crippen molar-refractivity contribution in [3.63, 3.8) is 0 Å². The van der Waals surface area contributed by atoms with E-state index >= 15 is 0 Å². The topological polar surface area (TPSA) is 68.6 Å². The molecule has 5 nitrogen and oxygen atoms in total. The molecule has 2 rings (SSSR count). The van der Waals surface area contributed by atoms with Crippen LogP contribution in [0.3, 0.4) is 0 Å². The number of ether oxygens (including phenoxy) is 1. The standard InChI is InChI=1S/C16H14Cl2N2O3/c1-2-3-8-23-16(21)15-14(20-22)7-6-13(19-15)10-4-5-11(17)12(18)9-10/h4-7,9H,2-3,8H2,1H3. The highest BCUT2D eigenvalue weighted by Gasteiger charge is 2.17. The zero-order valence-corrected chi connectivity index (χ0v) is 13.9. The number of pyridine rings is 1. The van der Waals surface area contributed by atoms with Crippen LogP contribution in [-0.4, -0.2) is 17.6 Å². The van der Waals surface area contributed by atoms with E-state index in [1.54, 1.807) is 24.3 Å². The molecule has 0 amide bonds. The number of rotatable bonds is 6. The molecule has 0 atom stereocenters. The highest BCUT2D eigenvalue weighted by Crippen LogP contribution is 2.29. The lowest BCUT2D eigenvalue weighted by atomic mass is 10.1. The van der Waals surface area contributed by atoms with Crippen LogP contribution in [0.2, 0.25) is 10.0 Å². The first-order valence-corrected chi connectivity index (χ1v) is 7.79. The summed E-state index contributed by atoms with van der Waals surface area (Å²) < 4.78 is 5.10. The Morgan fingerprint density at radius 1 is 1.22 bits per heavy atom. The number of hydrogen-bond donors (Lipinski definition) is 0. The van der Waals surface area contributed by atoms with Gasteiger partial charge in [0.05, 0.1) is 22.3 Å². The van der Waals surface area contributed by atoms with Gasteiger partial charge in [-0.3, -0.25) is 0 Å². The van der Waals surface area contributed by atoms with Crippen molar-refractivity contribution in [2.45, 2.75) is 19.8 Å². The van der Waals surface area contributed by atoms with E-state index in [0.29, 0.717) is 21.3 Å². The van der Waals surface area contributed by atoms with Gasteiger partial charge in [-0.15, -0.1) is 4.91 Å². The van der Waals surface area contributed by atoms with Gasteiger partial charge in [-0.05, 0) is 35.9 Å². The van der Waals surface area contributed by atoms with Crippen molar-refractivity contribution < 1.29 is 9.53 Å². The van der Waals surface area contributed by atoms with Crippen LogP contribution in [0.1, 0.15) is 30.3 Å². The van der Waals surface area contributed by atoms with Gasteiger partial charge in [-0.2, -0.15) is 0 Å². The molecule has 0 aliphatic rings. The van der Waals surface area contributed by atoms with Crippen LogP contribution in [0.25, 0.3) is 11.3 Å². The Labute approximate surface area is 143 Å². The summed E-state index contributed by atoms with van der Waals surface area (Å²) in [7, 11) is 0. The molecular formula is C16H14Cl2N2O3. The van der Waals surface area contributed by atoms with Gasteiger partial charge in [0.2, 0.25) is 0 Å². The van der Waals surface area contributed by atoms with Gasteiger partial charge < -0.3 is 4.74 Å². The summed E-state index contributed by atoms with van der Waals surface area (Å²) in [5.74, 6) is -0.671. The number of aromatic nitrogens is 1. The summed E-state index contributed by atoms with van der Waals surface area (Å²) in [5, 5.41) is 3.61. The number of esters is 1. The largest absolute Gasteiger partial charge is 0.461 e. The fraction of sp³-hybridized carbons (Fsp3) is 0.250. The second-order valence-electron chi connectivity index (χ2n) is 4.77. The van der Waals surface area contributed by atoms with E-state index in [9.17, 15) is 9.70 Å². The lowest BCUT2D eigenvalue weighted by Crippen LogP contribution is -2.09. The predicted molar refractivity (Wildman–Crippen MR) is 90.3 cm³/mol. The third kappa shape index (κ3) is 4.27. The lowest BCUT2D eigenvalue weighted by molar-refractivity contribution is 0.0494. The summed E-state index contributed by atoms with van der Waals surface area (Å²) >= 11 is 11.9. The van der Waals surface area contributed by atoms with Crippen LogP contribution in [0.5, 0.6) is 0 Å². The molecule has 0 saturated heterocycles. The zero-order chi connectivity index (χ0) is 16.8. The van der Waals surface area contributed by atoms with Crippen LogP contribution < -0.4 is 0 Å². The van der Waals surface area contributed by atoms with Gasteiger partial charge in [0.15, 0.2) is 5.69 Å². The van der Waals surface area contributed by atoms with Crippen molar-refractivity contribution >= 4 is 34.9 Å². The molecule has 0 fully saturated rings. The molecule has 0 spiro atoms. The number of halogens is 2. The van der Waals surface area contributed by atoms with Crippen LogP contribution in [-0.2, 0) is 4.74 Å². The summed E-state index contributed by atoms with van der Waals surface area (Å²) in [6.07, 6.45) is 1.63. The fourth-order valence-electron chi connectivity index (χ4n) is 1.87. The number of nitroso groups, excluding NO2 is 1. The number of carbonyl (C=O) groups excluding carboxylic acids is 1. The van der Waals surface area contributed by atoms with Crippen LogP contribution in [0, 0.1) is 4.91 Å². The molecule has 0 aliphatic heterocycles. The highest BCUT2D eigenvalue weighted by molar-refractivity contribution is 6.42. The molecule has 1 aromatic heterocycles. The minimum Gasteiger partial charge on any atom is -0.461 e. The third-order valence-electron chi connectivity index (χ3n) is 3.11. The molecule has 0 saturated carbocycles. The van der Waals surface area contributed by atoms with Crippen molar-refractivity contribution in [2.75, 3.05) is 6.61 Å². The van der Waals surface area contributed by atoms with E-state index in [1.807, 2.05) is 6.92 Å². The first kappa shape index (κ1) is 17.4. The summed E-state index contributed by atoms with van der Waals surface area (Å²) in [6.45, 7) is 2.25. The maximum atomic E-state index is 12.1. The van der Waals surface area contributed by atoms with Gasteiger partial charge in [0.25, 0.3) is 0 Å². The Balaban J connectivity index is 2.36. The van der Waals surface area contributed by atoms with E-state index < -0.39 is 5.97 Å². The van der Waals surface area contributed by atoms with E-state index in [4.69, 9.17) is 27.9 Å². The molecular weight excluding hydrogens is 339 g/mol. The number of nitrogens with zero attached hydrogens (tertiary/aromatic N) is 2. The van der Waals surface area contributed by atoms with Crippen molar-refractivity contribution in [3.8, 4) is 11.3 Å². The molecule has 0 bridgehead atoms. The first-order valence-electron chi connectivity index (χ1n) is 7.03. The smallest absolute Gasteiger partial charge is 0.359 e. The van der Waals surface area contributed by atoms with Crippen molar-refractivity contribution in [1.29, 1.82) is 0 Å². The van der Waals surface area contributed by atoms with Crippen molar-refractivity contribution in [1.82, 2.24) is 4.98 Å². The maximum Gasteiger partial charge on any atom is 0.359 e. The van der Waals surface area contributed by atoms with E-state index in [1.165, 1.54) is 6.07 Å². The molecule has 1 heterocycles. The zero-order valence-electron chi connectivity index (χ0n) is 12.4. The Kier molecular flexibility index (Phi) is 6.07. The van der Waals surface area contributed by atoms with Crippen LogP contribution in [0.4, 0.5) is 5.69 Å². The Bertz CT molecular complexity index is 735. The second kappa shape index (κ2) is 8.04. The molecule has 0 N–H and O–H groups in total. The first-order chi connectivity index (χ1) is 11.1. The summed E-state index contributed by atoms with van der Waals surface area (Å²) in [4.78, 5) is 27.1. The predicted octanol–water partition coefficient (Wildman–Crippen LogP) is 5.41. The van der Waals surface area contributed by atoms with Crippen molar-refractivity contribution in [2.24, 2.45) is 5.18 Å². The molecule has 2 aromatic rings. The van der Waals surface area contributed by atoms with Gasteiger partial charge in [-0.25, -0.2) is 9.78 Å². The highest BCUT2D eigenvalue weighted by atomic mass is 35.5. The average molecular weight is 353 g/mol. The van der Waals surface area contributed by atoms with E-state index in [2.05, 4.69) is 10.2 Å². The molecule has 1 aromatic carbocycles. The monoisotopic (exact) mass is 352 g/mol. The fourth-order valence-corrected chi connectivity index (χ4v) is 2.17. The molecule has 0 aliphatic carbocycles. The van der Waals surface area contributed by atoms with Gasteiger partial charge in [-0.1, -0.05) is 42.6 Å². The van der Waals surface area contributed by atoms with Gasteiger partial charge in [0.1, 0.15) is 5.69 Å². The Hall–Kier alpha value is -1.98. The van der Waals surface area contributed by atoms with Gasteiger partial charge in [0, 0.05) is 5.56 Å². The minimum absolute atomic E-state index is 0.0599. The van der Waals surface area contributed by atoms with Gasteiger partial charge >= 0.3 is 5.97 Å². The average Bonchev–Trinajstić information content (AvgIpc) is 2.57. The Morgan fingerprint density at radius 3 is 2.65 bits per heavy atom. The minimum atomic E-state index is -0.671. The molecule has 0 radical (unpaired) electrons. The second-order valence-corrected chi connectivity index (χ2v) is 5.59. The van der Waals surface area contributed by atoms with E-state index in [-0.39, 0.29) is 18.0 Å². The normalized spacial score (nSPS) is 10.4. The molecule has 120 valence electrons. The van der Waals surface area contributed by atoms with Crippen LogP contribution in [0.15, 0.2) is 35.5 Å². The third-order valence-corrected chi connectivity index (χ3v) is 3.85. The maximum absolute atomic E-state index is 12.1. The van der Waals surface area contributed by atoms with Crippen LogP contribution >= 0.6 is 23.2 Å². The Morgan fingerprint density at radius 2 is 2.00 bits per heavy atom. The quantitative estimate of drug-likeness (QED) is 0.396. The molecule has 0 unspecified atom stereocenters. The number of unbranched alkanes of at least 4 members (excludes halogenated alkanes) is 1. The lowest BCUT2D eigenvalue weighted by Gasteiger charge is -2.08. The summed E-state index contributed by atoms with van der Waals surface area (Å²) in [5.41, 5.74) is 0.966. The number of carbonyl (C=O) groups is 1. The summed E-state index contributed by atoms with van der Waals surface area (Å²) in [6, 6.07) is 7.99. The van der Waals surface area contributed by atoms with Crippen molar-refractivity contribution in [3.05, 3.63) is 51.0 Å². The molecule has 7 heteroatoms. The number of hydrogen-bond acceptors (Lipinski definition) is 5. The SMILES string of the molecule is CCCCOC(=O)c1nc(-c2ccc(Cl)c(Cl)c2)ccc1N=O. The van der Waals surface area contributed by atoms with E-state index in [0.717, 1.165) is 12.8 Å².